The van der Waals surface area contributed by atoms with E-state index in [2.05, 4.69) is 38.7 Å². The van der Waals surface area contributed by atoms with Crippen molar-refractivity contribution in [3.8, 4) is 0 Å². The quantitative estimate of drug-likeness (QED) is 0.624. The molecule has 7 nitrogen and oxygen atoms in total. The molecule has 2 aromatic carbocycles. The van der Waals surface area contributed by atoms with Gasteiger partial charge in [-0.15, -0.1) is 0 Å². The third-order valence-corrected chi connectivity index (χ3v) is 5.51. The van der Waals surface area contributed by atoms with Crippen molar-refractivity contribution >= 4 is 34.0 Å². The lowest BCUT2D eigenvalue weighted by molar-refractivity contribution is -0.117. The van der Waals surface area contributed by atoms with E-state index in [1.807, 2.05) is 12.3 Å². The van der Waals surface area contributed by atoms with Crippen molar-refractivity contribution in [2.24, 2.45) is 5.92 Å². The normalized spacial score (nSPS) is 17.0. The summed E-state index contributed by atoms with van der Waals surface area (Å²) in [5.74, 6) is 0.131. The van der Waals surface area contributed by atoms with Gasteiger partial charge in [-0.1, -0.05) is 12.1 Å². The number of nitrogens with zero attached hydrogens (tertiary/aromatic N) is 2. The Labute approximate surface area is 187 Å². The number of hydrogen-bond acceptors (Lipinski definition) is 5. The van der Waals surface area contributed by atoms with Crippen LogP contribution in [0.15, 0.2) is 60.9 Å². The van der Waals surface area contributed by atoms with Crippen LogP contribution < -0.4 is 10.6 Å². The van der Waals surface area contributed by atoms with Gasteiger partial charge in [0.05, 0.1) is 19.8 Å². The predicted molar refractivity (Wildman–Crippen MR) is 126 cm³/mol. The zero-order valence-corrected chi connectivity index (χ0v) is 18.2. The van der Waals surface area contributed by atoms with Gasteiger partial charge in [0.25, 0.3) is 0 Å². The second-order valence-corrected chi connectivity index (χ2v) is 8.24. The average molecular weight is 433 g/mol. The number of hydrogen-bond donors (Lipinski definition) is 2. The molecule has 1 saturated heterocycles. The third kappa shape index (κ3) is 6.12. The van der Waals surface area contributed by atoms with E-state index in [0.29, 0.717) is 37.1 Å². The predicted octanol–water partition coefficient (Wildman–Crippen LogP) is 3.32. The van der Waals surface area contributed by atoms with Crippen molar-refractivity contribution in [3.63, 3.8) is 0 Å². The highest BCUT2D eigenvalue weighted by Crippen LogP contribution is 2.19. The lowest BCUT2D eigenvalue weighted by Crippen LogP contribution is -2.37. The molecule has 1 aliphatic heterocycles. The van der Waals surface area contributed by atoms with Crippen molar-refractivity contribution in [3.05, 3.63) is 66.5 Å². The van der Waals surface area contributed by atoms with Gasteiger partial charge in [-0.25, -0.2) is 0 Å². The van der Waals surface area contributed by atoms with Crippen LogP contribution in [-0.2, 0) is 20.7 Å². The van der Waals surface area contributed by atoms with Crippen molar-refractivity contribution < 1.29 is 14.3 Å². The molecule has 0 bridgehead atoms. The molecule has 7 heteroatoms. The first kappa shape index (κ1) is 21.9. The summed E-state index contributed by atoms with van der Waals surface area (Å²) in [5.41, 5.74) is 2.66. The molecule has 1 fully saturated rings. The van der Waals surface area contributed by atoms with Crippen LogP contribution >= 0.6 is 0 Å². The first-order chi connectivity index (χ1) is 15.5. The van der Waals surface area contributed by atoms with Gasteiger partial charge in [0.1, 0.15) is 0 Å². The topological polar surface area (TPSA) is 83.6 Å². The summed E-state index contributed by atoms with van der Waals surface area (Å²) in [5, 5.41) is 7.97. The molecular formula is C25H28N4O3. The number of carbonyl (C=O) groups excluding carboxylic acids is 2. The Kier molecular flexibility index (Phi) is 7.09. The molecule has 166 valence electrons. The SMILES string of the molecule is CC(=O)Nc1ccc(NC(=O)CN2CCOC[C@@H](Cc3ccc4ccncc4c3)C2)cc1. The standard InChI is InChI=1S/C25H28N4O3/c1-18(30)27-23-4-6-24(7-5-23)28-25(31)16-29-10-11-32-17-20(15-29)12-19-2-3-21-8-9-26-14-22(21)13-19/h2-9,13-14,20H,10-12,15-17H2,1H3,(H,27,30)(H,28,31)/t20-/m0/s1. The summed E-state index contributed by atoms with van der Waals surface area (Å²) in [4.78, 5) is 30.1. The van der Waals surface area contributed by atoms with Crippen LogP contribution in [0.25, 0.3) is 10.8 Å². The van der Waals surface area contributed by atoms with E-state index in [4.69, 9.17) is 4.74 Å². The monoisotopic (exact) mass is 432 g/mol. The van der Waals surface area contributed by atoms with Gasteiger partial charge in [-0.05, 0) is 59.7 Å². The van der Waals surface area contributed by atoms with Crippen molar-refractivity contribution in [2.75, 3.05) is 43.5 Å². The molecule has 32 heavy (non-hydrogen) atoms. The number of carbonyl (C=O) groups is 2. The minimum atomic E-state index is -0.125. The van der Waals surface area contributed by atoms with Crippen LogP contribution in [0.3, 0.4) is 0 Å². The van der Waals surface area contributed by atoms with Gasteiger partial charge < -0.3 is 15.4 Å². The van der Waals surface area contributed by atoms with Crippen molar-refractivity contribution in [1.29, 1.82) is 0 Å². The molecule has 3 aromatic rings. The van der Waals surface area contributed by atoms with Crippen molar-refractivity contribution in [2.45, 2.75) is 13.3 Å². The number of amides is 2. The van der Waals surface area contributed by atoms with Gasteiger partial charge in [-0.3, -0.25) is 19.5 Å². The molecule has 2 heterocycles. The lowest BCUT2D eigenvalue weighted by Gasteiger charge is -2.23. The molecule has 4 rings (SSSR count). The number of fused-ring (bicyclic) bond motifs is 1. The Morgan fingerprint density at radius 2 is 1.84 bits per heavy atom. The summed E-state index contributed by atoms with van der Waals surface area (Å²) in [6.45, 7) is 4.62. The zero-order valence-electron chi connectivity index (χ0n) is 18.2. The minimum absolute atomic E-state index is 0.0605. The molecule has 0 saturated carbocycles. The minimum Gasteiger partial charge on any atom is -0.380 e. The largest absolute Gasteiger partial charge is 0.380 e. The Morgan fingerprint density at radius 1 is 1.06 bits per heavy atom. The molecule has 2 N–H and O–H groups in total. The first-order valence-electron chi connectivity index (χ1n) is 10.9. The van der Waals surface area contributed by atoms with Crippen LogP contribution in [0.4, 0.5) is 11.4 Å². The van der Waals surface area contributed by atoms with E-state index in [0.717, 1.165) is 24.9 Å². The maximum absolute atomic E-state index is 12.6. The van der Waals surface area contributed by atoms with Gasteiger partial charge in [-0.2, -0.15) is 0 Å². The van der Waals surface area contributed by atoms with E-state index in [-0.39, 0.29) is 11.8 Å². The Bertz CT molecular complexity index is 1080. The fourth-order valence-corrected chi connectivity index (χ4v) is 4.06. The van der Waals surface area contributed by atoms with E-state index in [9.17, 15) is 9.59 Å². The number of rotatable bonds is 6. The number of anilines is 2. The highest BCUT2D eigenvalue weighted by atomic mass is 16.5. The van der Waals surface area contributed by atoms with E-state index >= 15 is 0 Å². The van der Waals surface area contributed by atoms with E-state index in [1.54, 1.807) is 30.5 Å². The molecule has 0 radical (unpaired) electrons. The number of ether oxygens (including phenoxy) is 1. The van der Waals surface area contributed by atoms with Gasteiger partial charge in [0.2, 0.25) is 11.8 Å². The van der Waals surface area contributed by atoms with E-state index < -0.39 is 0 Å². The Balaban J connectivity index is 1.32. The summed E-state index contributed by atoms with van der Waals surface area (Å²) in [7, 11) is 0. The summed E-state index contributed by atoms with van der Waals surface area (Å²) >= 11 is 0. The number of pyridine rings is 1. The highest BCUT2D eigenvalue weighted by molar-refractivity contribution is 5.93. The third-order valence-electron chi connectivity index (χ3n) is 5.51. The van der Waals surface area contributed by atoms with Crippen molar-refractivity contribution in [1.82, 2.24) is 9.88 Å². The second-order valence-electron chi connectivity index (χ2n) is 8.24. The molecule has 1 aromatic heterocycles. The molecule has 1 atom stereocenters. The first-order valence-corrected chi connectivity index (χ1v) is 10.9. The Hall–Kier alpha value is -3.29. The lowest BCUT2D eigenvalue weighted by atomic mass is 9.98. The van der Waals surface area contributed by atoms with Crippen LogP contribution in [0.2, 0.25) is 0 Å². The molecule has 0 unspecified atom stereocenters. The Morgan fingerprint density at radius 3 is 2.62 bits per heavy atom. The number of nitrogens with one attached hydrogen (secondary N) is 2. The summed E-state index contributed by atoms with van der Waals surface area (Å²) in [6, 6.07) is 15.6. The maximum atomic E-state index is 12.6. The van der Waals surface area contributed by atoms with Crippen LogP contribution in [0.1, 0.15) is 12.5 Å². The molecular weight excluding hydrogens is 404 g/mol. The number of benzene rings is 2. The number of aromatic nitrogens is 1. The van der Waals surface area contributed by atoms with Gasteiger partial charge in [0.15, 0.2) is 0 Å². The molecule has 1 aliphatic rings. The molecule has 2 amide bonds. The fraction of sp³-hybridized carbons (Fsp3) is 0.320. The summed E-state index contributed by atoms with van der Waals surface area (Å²) in [6.07, 6.45) is 4.59. The van der Waals surface area contributed by atoms with E-state index in [1.165, 1.54) is 17.9 Å². The smallest absolute Gasteiger partial charge is 0.238 e. The second kappa shape index (κ2) is 10.3. The van der Waals surface area contributed by atoms with Gasteiger partial charge >= 0.3 is 0 Å². The van der Waals surface area contributed by atoms with Crippen LogP contribution in [0, 0.1) is 5.92 Å². The highest BCUT2D eigenvalue weighted by Gasteiger charge is 2.21. The fourth-order valence-electron chi connectivity index (χ4n) is 4.06. The maximum Gasteiger partial charge on any atom is 0.238 e. The average Bonchev–Trinajstić information content (AvgIpc) is 2.99. The van der Waals surface area contributed by atoms with Gasteiger partial charge in [0, 0.05) is 49.2 Å². The molecule has 0 aliphatic carbocycles. The summed E-state index contributed by atoms with van der Waals surface area (Å²) < 4.78 is 5.82. The zero-order chi connectivity index (χ0) is 22.3. The molecule has 0 spiro atoms. The van der Waals surface area contributed by atoms with Crippen LogP contribution in [-0.4, -0.2) is 54.5 Å². The van der Waals surface area contributed by atoms with Crippen LogP contribution in [0.5, 0.6) is 0 Å².